The monoisotopic (exact) mass is 297 g/mol. The Balaban J connectivity index is 2.25. The second-order valence-corrected chi connectivity index (χ2v) is 6.78. The molecule has 0 aliphatic heterocycles. The standard InChI is InChI=1S/C16H31N3O2/c1-12(2)11-18-16(21)14-7-5-13(6-8-14)15(20)17-9-10-19(3)4/h12-14H,5-11H2,1-4H3,(H,17,20)(H,18,21). The molecule has 0 spiro atoms. The predicted molar refractivity (Wildman–Crippen MR) is 84.9 cm³/mol. The molecule has 1 aliphatic carbocycles. The first kappa shape index (κ1) is 18.0. The molecule has 0 aromatic carbocycles. The predicted octanol–water partition coefficient (Wildman–Crippen LogP) is 1.24. The van der Waals surface area contributed by atoms with E-state index in [2.05, 4.69) is 29.4 Å². The third-order valence-electron chi connectivity index (χ3n) is 4.01. The number of likely N-dealkylation sites (N-methyl/N-ethyl adjacent to an activating group) is 1. The molecular weight excluding hydrogens is 266 g/mol. The summed E-state index contributed by atoms with van der Waals surface area (Å²) in [5.74, 6) is 0.969. The van der Waals surface area contributed by atoms with Gasteiger partial charge in [0.1, 0.15) is 0 Å². The van der Waals surface area contributed by atoms with E-state index in [0.29, 0.717) is 12.5 Å². The van der Waals surface area contributed by atoms with E-state index in [1.54, 1.807) is 0 Å². The van der Waals surface area contributed by atoms with Crippen molar-refractivity contribution in [1.29, 1.82) is 0 Å². The van der Waals surface area contributed by atoms with Crippen LogP contribution in [0.25, 0.3) is 0 Å². The largest absolute Gasteiger partial charge is 0.356 e. The summed E-state index contributed by atoms with van der Waals surface area (Å²) >= 11 is 0. The smallest absolute Gasteiger partial charge is 0.223 e. The van der Waals surface area contributed by atoms with E-state index in [0.717, 1.165) is 38.8 Å². The van der Waals surface area contributed by atoms with Crippen molar-refractivity contribution in [3.8, 4) is 0 Å². The molecule has 21 heavy (non-hydrogen) atoms. The molecule has 0 saturated heterocycles. The molecule has 0 radical (unpaired) electrons. The van der Waals surface area contributed by atoms with Gasteiger partial charge < -0.3 is 15.5 Å². The summed E-state index contributed by atoms with van der Waals surface area (Å²) in [6.45, 7) is 6.48. The van der Waals surface area contributed by atoms with Gasteiger partial charge in [0, 0.05) is 31.5 Å². The van der Waals surface area contributed by atoms with Crippen molar-refractivity contribution in [3.63, 3.8) is 0 Å². The van der Waals surface area contributed by atoms with Crippen LogP contribution in [0, 0.1) is 17.8 Å². The van der Waals surface area contributed by atoms with Gasteiger partial charge in [0.2, 0.25) is 11.8 Å². The lowest BCUT2D eigenvalue weighted by Crippen LogP contribution is -2.39. The molecule has 0 bridgehead atoms. The normalized spacial score (nSPS) is 22.4. The van der Waals surface area contributed by atoms with Crippen molar-refractivity contribution in [2.75, 3.05) is 33.7 Å². The summed E-state index contributed by atoms with van der Waals surface area (Å²) in [6.07, 6.45) is 3.31. The van der Waals surface area contributed by atoms with Crippen LogP contribution in [0.3, 0.4) is 0 Å². The fraction of sp³-hybridized carbons (Fsp3) is 0.875. The van der Waals surface area contributed by atoms with E-state index in [-0.39, 0.29) is 23.7 Å². The maximum absolute atomic E-state index is 12.0. The third-order valence-corrected chi connectivity index (χ3v) is 4.01. The zero-order valence-electron chi connectivity index (χ0n) is 13.9. The number of nitrogens with zero attached hydrogens (tertiary/aromatic N) is 1. The number of rotatable bonds is 7. The Kier molecular flexibility index (Phi) is 7.72. The Labute approximate surface area is 128 Å². The molecule has 1 fully saturated rings. The Morgan fingerprint density at radius 2 is 1.48 bits per heavy atom. The lowest BCUT2D eigenvalue weighted by atomic mass is 9.81. The SMILES string of the molecule is CC(C)CNC(=O)C1CCC(C(=O)NCCN(C)C)CC1. The molecule has 122 valence electrons. The number of nitrogens with one attached hydrogen (secondary N) is 2. The highest BCUT2D eigenvalue weighted by atomic mass is 16.2. The van der Waals surface area contributed by atoms with Gasteiger partial charge in [-0.15, -0.1) is 0 Å². The Hall–Kier alpha value is -1.10. The average molecular weight is 297 g/mol. The lowest BCUT2D eigenvalue weighted by molar-refractivity contribution is -0.130. The van der Waals surface area contributed by atoms with Gasteiger partial charge >= 0.3 is 0 Å². The molecule has 5 nitrogen and oxygen atoms in total. The van der Waals surface area contributed by atoms with Crippen molar-refractivity contribution in [2.24, 2.45) is 17.8 Å². The van der Waals surface area contributed by atoms with Gasteiger partial charge in [-0.25, -0.2) is 0 Å². The summed E-state index contributed by atoms with van der Waals surface area (Å²) < 4.78 is 0. The molecular formula is C16H31N3O2. The second kappa shape index (κ2) is 9.03. The van der Waals surface area contributed by atoms with Crippen molar-refractivity contribution in [3.05, 3.63) is 0 Å². The number of carbonyl (C=O) groups is 2. The van der Waals surface area contributed by atoms with E-state index in [1.165, 1.54) is 0 Å². The topological polar surface area (TPSA) is 61.4 Å². The minimum absolute atomic E-state index is 0.0845. The Morgan fingerprint density at radius 1 is 1.00 bits per heavy atom. The minimum Gasteiger partial charge on any atom is -0.356 e. The van der Waals surface area contributed by atoms with Crippen LogP contribution in [-0.2, 0) is 9.59 Å². The van der Waals surface area contributed by atoms with Crippen LogP contribution in [-0.4, -0.2) is 50.4 Å². The van der Waals surface area contributed by atoms with Crippen LogP contribution in [0.15, 0.2) is 0 Å². The fourth-order valence-electron chi connectivity index (χ4n) is 2.61. The quantitative estimate of drug-likeness (QED) is 0.743. The van der Waals surface area contributed by atoms with E-state index in [4.69, 9.17) is 0 Å². The third kappa shape index (κ3) is 6.93. The van der Waals surface area contributed by atoms with Gasteiger partial charge in [0.15, 0.2) is 0 Å². The molecule has 0 unspecified atom stereocenters. The van der Waals surface area contributed by atoms with Gasteiger partial charge in [-0.2, -0.15) is 0 Å². The summed E-state index contributed by atoms with van der Waals surface area (Å²) in [5, 5.41) is 5.98. The van der Waals surface area contributed by atoms with Gasteiger partial charge in [-0.05, 0) is 45.7 Å². The molecule has 1 rings (SSSR count). The first-order chi connectivity index (χ1) is 9.90. The molecule has 2 N–H and O–H groups in total. The van der Waals surface area contributed by atoms with E-state index in [1.807, 2.05) is 14.1 Å². The van der Waals surface area contributed by atoms with Crippen LogP contribution >= 0.6 is 0 Å². The van der Waals surface area contributed by atoms with Gasteiger partial charge in [0.05, 0.1) is 0 Å². The first-order valence-electron chi connectivity index (χ1n) is 8.10. The van der Waals surface area contributed by atoms with Gasteiger partial charge in [0.25, 0.3) is 0 Å². The maximum Gasteiger partial charge on any atom is 0.223 e. The zero-order valence-corrected chi connectivity index (χ0v) is 13.9. The molecule has 0 aromatic heterocycles. The summed E-state index contributed by atoms with van der Waals surface area (Å²) in [6, 6.07) is 0. The molecule has 0 aromatic rings. The van der Waals surface area contributed by atoms with Crippen LogP contribution in [0.5, 0.6) is 0 Å². The van der Waals surface area contributed by atoms with Crippen molar-refractivity contribution >= 4 is 11.8 Å². The molecule has 5 heteroatoms. The minimum atomic E-state index is 0.0845. The van der Waals surface area contributed by atoms with Crippen LogP contribution in [0.2, 0.25) is 0 Å². The fourth-order valence-corrected chi connectivity index (χ4v) is 2.61. The van der Waals surface area contributed by atoms with Crippen molar-refractivity contribution in [1.82, 2.24) is 15.5 Å². The highest BCUT2D eigenvalue weighted by Crippen LogP contribution is 2.29. The molecule has 0 heterocycles. The Morgan fingerprint density at radius 3 is 1.90 bits per heavy atom. The van der Waals surface area contributed by atoms with Crippen LogP contribution < -0.4 is 10.6 Å². The van der Waals surface area contributed by atoms with Crippen LogP contribution in [0.4, 0.5) is 0 Å². The van der Waals surface area contributed by atoms with Crippen molar-refractivity contribution < 1.29 is 9.59 Å². The number of hydrogen-bond acceptors (Lipinski definition) is 3. The second-order valence-electron chi connectivity index (χ2n) is 6.78. The molecule has 2 amide bonds. The highest BCUT2D eigenvalue weighted by molar-refractivity contribution is 5.81. The first-order valence-corrected chi connectivity index (χ1v) is 8.10. The zero-order chi connectivity index (χ0) is 15.8. The number of amides is 2. The Bertz CT molecular complexity index is 334. The number of carbonyl (C=O) groups excluding carboxylic acids is 2. The van der Waals surface area contributed by atoms with Gasteiger partial charge in [-0.1, -0.05) is 13.8 Å². The molecule has 0 atom stereocenters. The highest BCUT2D eigenvalue weighted by Gasteiger charge is 2.29. The average Bonchev–Trinajstić information content (AvgIpc) is 2.44. The summed E-state index contributed by atoms with van der Waals surface area (Å²) in [4.78, 5) is 26.1. The van der Waals surface area contributed by atoms with E-state index >= 15 is 0 Å². The molecule has 1 saturated carbocycles. The summed E-state index contributed by atoms with van der Waals surface area (Å²) in [5.41, 5.74) is 0. The van der Waals surface area contributed by atoms with E-state index < -0.39 is 0 Å². The van der Waals surface area contributed by atoms with Gasteiger partial charge in [-0.3, -0.25) is 9.59 Å². The molecule has 1 aliphatic rings. The van der Waals surface area contributed by atoms with Crippen LogP contribution in [0.1, 0.15) is 39.5 Å². The lowest BCUT2D eigenvalue weighted by Gasteiger charge is -2.27. The maximum atomic E-state index is 12.0. The van der Waals surface area contributed by atoms with E-state index in [9.17, 15) is 9.59 Å². The number of hydrogen-bond donors (Lipinski definition) is 2. The summed E-state index contributed by atoms with van der Waals surface area (Å²) in [7, 11) is 3.99. The van der Waals surface area contributed by atoms with Crippen molar-refractivity contribution in [2.45, 2.75) is 39.5 Å².